The topological polar surface area (TPSA) is 41.6 Å². The highest BCUT2D eigenvalue weighted by atomic mass is 16.5. The second-order valence-corrected chi connectivity index (χ2v) is 4.92. The average molecular weight is 226 g/mol. The van der Waals surface area contributed by atoms with Gasteiger partial charge in [-0.25, -0.2) is 0 Å². The predicted octanol–water partition coefficient (Wildman–Crippen LogP) is 0.764. The molecule has 0 bridgehead atoms. The van der Waals surface area contributed by atoms with E-state index in [1.54, 1.807) is 0 Å². The Bertz CT molecular complexity index is 251. The number of carbonyl (C=O) groups is 1. The highest BCUT2D eigenvalue weighted by Gasteiger charge is 2.32. The minimum absolute atomic E-state index is 0.277. The molecule has 1 saturated heterocycles. The van der Waals surface area contributed by atoms with Crippen LogP contribution in [-0.2, 0) is 9.53 Å². The van der Waals surface area contributed by atoms with E-state index in [1.165, 1.54) is 0 Å². The number of rotatable bonds is 4. The molecule has 92 valence electrons. The maximum Gasteiger partial charge on any atom is 0.222 e. The molecule has 16 heavy (non-hydrogen) atoms. The van der Waals surface area contributed by atoms with Gasteiger partial charge < -0.3 is 15.0 Å². The van der Waals surface area contributed by atoms with Crippen LogP contribution >= 0.6 is 0 Å². The van der Waals surface area contributed by atoms with Gasteiger partial charge in [-0.2, -0.15) is 0 Å². The number of ether oxygens (including phenoxy) is 1. The van der Waals surface area contributed by atoms with Gasteiger partial charge in [-0.05, 0) is 26.2 Å². The SMILES string of the molecule is CCOC1CC(NC2CCC(=O)N(C)C2)C1. The number of likely N-dealkylation sites (N-methyl/N-ethyl adjacent to an activating group) is 1. The highest BCUT2D eigenvalue weighted by molar-refractivity contribution is 5.76. The Labute approximate surface area is 97.3 Å². The molecule has 0 aromatic rings. The summed E-state index contributed by atoms with van der Waals surface area (Å²) in [5.41, 5.74) is 0. The lowest BCUT2D eigenvalue weighted by molar-refractivity contribution is -0.132. The van der Waals surface area contributed by atoms with Gasteiger partial charge in [0.05, 0.1) is 6.10 Å². The normalized spacial score (nSPS) is 35.0. The number of hydrogen-bond donors (Lipinski definition) is 1. The van der Waals surface area contributed by atoms with Crippen molar-refractivity contribution in [3.8, 4) is 0 Å². The van der Waals surface area contributed by atoms with Crippen LogP contribution in [-0.4, -0.2) is 49.2 Å². The molecule has 1 aliphatic heterocycles. The van der Waals surface area contributed by atoms with Crippen LogP contribution in [0, 0.1) is 0 Å². The zero-order valence-electron chi connectivity index (χ0n) is 10.2. The van der Waals surface area contributed by atoms with Crippen molar-refractivity contribution in [3.05, 3.63) is 0 Å². The van der Waals surface area contributed by atoms with Crippen LogP contribution in [0.1, 0.15) is 32.6 Å². The largest absolute Gasteiger partial charge is 0.378 e. The van der Waals surface area contributed by atoms with E-state index in [1.807, 2.05) is 18.9 Å². The van der Waals surface area contributed by atoms with Crippen LogP contribution < -0.4 is 5.32 Å². The molecule has 0 spiro atoms. The Hall–Kier alpha value is -0.610. The molecular weight excluding hydrogens is 204 g/mol. The first-order chi connectivity index (χ1) is 7.69. The number of piperidine rings is 1. The van der Waals surface area contributed by atoms with Gasteiger partial charge in [0.15, 0.2) is 0 Å². The van der Waals surface area contributed by atoms with Crippen LogP contribution in [0.2, 0.25) is 0 Å². The maximum atomic E-state index is 11.3. The summed E-state index contributed by atoms with van der Waals surface area (Å²) in [6.07, 6.45) is 4.39. The van der Waals surface area contributed by atoms with E-state index in [4.69, 9.17) is 4.74 Å². The molecule has 1 atom stereocenters. The van der Waals surface area contributed by atoms with Gasteiger partial charge in [0.2, 0.25) is 5.91 Å². The summed E-state index contributed by atoms with van der Waals surface area (Å²) in [4.78, 5) is 13.2. The van der Waals surface area contributed by atoms with Gasteiger partial charge in [-0.15, -0.1) is 0 Å². The average Bonchev–Trinajstić information content (AvgIpc) is 2.20. The van der Waals surface area contributed by atoms with Crippen molar-refractivity contribution in [2.24, 2.45) is 0 Å². The lowest BCUT2D eigenvalue weighted by Gasteiger charge is -2.40. The second-order valence-electron chi connectivity index (χ2n) is 4.92. The lowest BCUT2D eigenvalue weighted by atomic mass is 9.88. The van der Waals surface area contributed by atoms with Crippen molar-refractivity contribution < 1.29 is 9.53 Å². The molecule has 4 nitrogen and oxygen atoms in total. The van der Waals surface area contributed by atoms with Crippen LogP contribution in [0.15, 0.2) is 0 Å². The summed E-state index contributed by atoms with van der Waals surface area (Å²) < 4.78 is 5.53. The summed E-state index contributed by atoms with van der Waals surface area (Å²) in [5.74, 6) is 0.277. The van der Waals surface area contributed by atoms with Crippen LogP contribution in [0.3, 0.4) is 0 Å². The Morgan fingerprint density at radius 2 is 2.19 bits per heavy atom. The predicted molar refractivity (Wildman–Crippen MR) is 62.2 cm³/mol. The molecule has 1 unspecified atom stereocenters. The molecule has 0 aromatic carbocycles. The van der Waals surface area contributed by atoms with E-state index in [-0.39, 0.29) is 5.91 Å². The molecule has 2 fully saturated rings. The molecular formula is C12H22N2O2. The lowest BCUT2D eigenvalue weighted by Crippen LogP contribution is -2.54. The monoisotopic (exact) mass is 226 g/mol. The third kappa shape index (κ3) is 2.74. The van der Waals surface area contributed by atoms with Crippen LogP contribution in [0.25, 0.3) is 0 Å². The fraction of sp³-hybridized carbons (Fsp3) is 0.917. The summed E-state index contributed by atoms with van der Waals surface area (Å²) in [6, 6.07) is 1.08. The van der Waals surface area contributed by atoms with E-state index >= 15 is 0 Å². The van der Waals surface area contributed by atoms with Crippen LogP contribution in [0.5, 0.6) is 0 Å². The Morgan fingerprint density at radius 3 is 2.81 bits per heavy atom. The van der Waals surface area contributed by atoms with Gasteiger partial charge >= 0.3 is 0 Å². The first-order valence-corrected chi connectivity index (χ1v) is 6.30. The highest BCUT2D eigenvalue weighted by Crippen LogP contribution is 2.24. The molecule has 1 saturated carbocycles. The fourth-order valence-electron chi connectivity index (χ4n) is 2.56. The molecule has 2 rings (SSSR count). The van der Waals surface area contributed by atoms with E-state index < -0.39 is 0 Å². The van der Waals surface area contributed by atoms with Gasteiger partial charge in [0, 0.05) is 38.7 Å². The zero-order chi connectivity index (χ0) is 11.5. The Morgan fingerprint density at radius 1 is 1.44 bits per heavy atom. The number of likely N-dealkylation sites (tertiary alicyclic amines) is 1. The van der Waals surface area contributed by atoms with E-state index in [2.05, 4.69) is 5.32 Å². The van der Waals surface area contributed by atoms with Crippen molar-refractivity contribution in [1.29, 1.82) is 0 Å². The van der Waals surface area contributed by atoms with Crippen molar-refractivity contribution >= 4 is 5.91 Å². The van der Waals surface area contributed by atoms with E-state index in [0.29, 0.717) is 24.6 Å². The number of nitrogens with zero attached hydrogens (tertiary/aromatic N) is 1. The third-order valence-corrected chi connectivity index (χ3v) is 3.60. The van der Waals surface area contributed by atoms with Gasteiger partial charge in [-0.1, -0.05) is 0 Å². The van der Waals surface area contributed by atoms with Gasteiger partial charge in [-0.3, -0.25) is 4.79 Å². The van der Waals surface area contributed by atoms with Gasteiger partial charge in [0.1, 0.15) is 0 Å². The number of carbonyl (C=O) groups excluding carboxylic acids is 1. The molecule has 2 aliphatic rings. The minimum Gasteiger partial charge on any atom is -0.378 e. The van der Waals surface area contributed by atoms with Crippen LogP contribution in [0.4, 0.5) is 0 Å². The molecule has 4 heteroatoms. The summed E-state index contributed by atoms with van der Waals surface area (Å²) >= 11 is 0. The Balaban J connectivity index is 1.66. The first kappa shape index (κ1) is 11.9. The molecule has 0 radical (unpaired) electrons. The zero-order valence-corrected chi connectivity index (χ0v) is 10.2. The number of amides is 1. The molecule has 1 N–H and O–H groups in total. The second kappa shape index (κ2) is 5.15. The Kier molecular flexibility index (Phi) is 3.82. The van der Waals surface area contributed by atoms with Crippen molar-refractivity contribution in [2.75, 3.05) is 20.2 Å². The third-order valence-electron chi connectivity index (χ3n) is 3.60. The van der Waals surface area contributed by atoms with Crippen molar-refractivity contribution in [3.63, 3.8) is 0 Å². The number of hydrogen-bond acceptors (Lipinski definition) is 3. The van der Waals surface area contributed by atoms with Crippen molar-refractivity contribution in [2.45, 2.75) is 50.8 Å². The maximum absolute atomic E-state index is 11.3. The summed E-state index contributed by atoms with van der Waals surface area (Å²) in [7, 11) is 1.89. The minimum atomic E-state index is 0.277. The molecule has 0 aromatic heterocycles. The molecule has 1 aliphatic carbocycles. The number of nitrogens with one attached hydrogen (secondary N) is 1. The summed E-state index contributed by atoms with van der Waals surface area (Å²) in [5, 5.41) is 3.62. The molecule has 1 heterocycles. The first-order valence-electron chi connectivity index (χ1n) is 6.30. The summed E-state index contributed by atoms with van der Waals surface area (Å²) in [6.45, 7) is 3.72. The van der Waals surface area contributed by atoms with E-state index in [0.717, 1.165) is 32.4 Å². The molecule has 1 amide bonds. The smallest absolute Gasteiger partial charge is 0.222 e. The quantitative estimate of drug-likeness (QED) is 0.769. The van der Waals surface area contributed by atoms with Crippen molar-refractivity contribution in [1.82, 2.24) is 10.2 Å². The van der Waals surface area contributed by atoms with Gasteiger partial charge in [0.25, 0.3) is 0 Å². The van der Waals surface area contributed by atoms with E-state index in [9.17, 15) is 4.79 Å². The fourth-order valence-corrected chi connectivity index (χ4v) is 2.56. The standard InChI is InChI=1S/C12H22N2O2/c1-3-16-11-6-10(7-11)13-9-4-5-12(15)14(2)8-9/h9-11,13H,3-8H2,1-2H3.